The average molecular weight is 430 g/mol. The van der Waals surface area contributed by atoms with Crippen molar-refractivity contribution in [3.05, 3.63) is 59.7 Å². The molecule has 2 aromatic carbocycles. The summed E-state index contributed by atoms with van der Waals surface area (Å²) < 4.78 is 10.2. The molecule has 0 aliphatic heterocycles. The van der Waals surface area contributed by atoms with E-state index < -0.39 is 35.3 Å². The van der Waals surface area contributed by atoms with Crippen LogP contribution in [0.1, 0.15) is 25.0 Å². The first-order valence-electron chi connectivity index (χ1n) is 9.49. The number of imide groups is 1. The van der Waals surface area contributed by atoms with E-state index in [0.717, 1.165) is 7.11 Å². The van der Waals surface area contributed by atoms with Crippen LogP contribution in [0.15, 0.2) is 48.5 Å². The molecule has 0 aliphatic rings. The first-order valence-corrected chi connectivity index (χ1v) is 9.49. The van der Waals surface area contributed by atoms with Gasteiger partial charge in [0, 0.05) is 6.42 Å². The lowest BCUT2D eigenvalue weighted by molar-refractivity contribution is -0.159. The van der Waals surface area contributed by atoms with Gasteiger partial charge in [0.15, 0.2) is 17.0 Å². The van der Waals surface area contributed by atoms with Crippen molar-refractivity contribution >= 4 is 18.0 Å². The van der Waals surface area contributed by atoms with Gasteiger partial charge in [-0.25, -0.2) is 14.5 Å². The van der Waals surface area contributed by atoms with Crippen LogP contribution < -0.4 is 5.73 Å². The lowest BCUT2D eigenvalue weighted by atomic mass is 9.90. The van der Waals surface area contributed by atoms with Gasteiger partial charge in [0.25, 0.3) is 0 Å². The van der Waals surface area contributed by atoms with E-state index in [2.05, 4.69) is 0 Å². The Morgan fingerprint density at radius 1 is 1.06 bits per heavy atom. The van der Waals surface area contributed by atoms with Gasteiger partial charge >= 0.3 is 12.1 Å². The van der Waals surface area contributed by atoms with Crippen molar-refractivity contribution < 1.29 is 34.1 Å². The number of aromatic hydroxyl groups is 2. The summed E-state index contributed by atoms with van der Waals surface area (Å²) in [6, 6.07) is 11.6. The third-order valence-corrected chi connectivity index (χ3v) is 4.70. The Bertz CT molecular complexity index is 946. The maximum Gasteiger partial charge on any atom is 0.417 e. The summed E-state index contributed by atoms with van der Waals surface area (Å²) in [6.45, 7) is 2.59. The maximum absolute atomic E-state index is 13.0. The average Bonchev–Trinajstić information content (AvgIpc) is 2.74. The van der Waals surface area contributed by atoms with Crippen molar-refractivity contribution in [2.24, 2.45) is 5.73 Å². The summed E-state index contributed by atoms with van der Waals surface area (Å²) in [5, 5.41) is 19.3. The van der Waals surface area contributed by atoms with Crippen LogP contribution in [0.3, 0.4) is 0 Å². The van der Waals surface area contributed by atoms with Gasteiger partial charge < -0.3 is 25.4 Å². The number of nitrogens with two attached hydrogens (primary N) is 1. The molecule has 31 heavy (non-hydrogen) atoms. The normalized spacial score (nSPS) is 13.5. The van der Waals surface area contributed by atoms with Crippen molar-refractivity contribution in [1.29, 1.82) is 0 Å². The zero-order valence-corrected chi connectivity index (χ0v) is 17.6. The highest BCUT2D eigenvalue weighted by atomic mass is 16.6. The second-order valence-corrected chi connectivity index (χ2v) is 7.27. The molecule has 0 saturated carbocycles. The smallest absolute Gasteiger partial charge is 0.417 e. The van der Waals surface area contributed by atoms with Crippen molar-refractivity contribution in [2.45, 2.75) is 38.5 Å². The Hall–Kier alpha value is -3.59. The fourth-order valence-corrected chi connectivity index (χ4v) is 3.06. The molecule has 0 fully saturated rings. The summed E-state index contributed by atoms with van der Waals surface area (Å²) in [4.78, 5) is 39.3. The standard InChI is InChI=1S/C22H26N2O7/c1-14(23)19(27)24(21(29)31-13-15-7-5-4-6-8-15)22(2,20(28)30-3)12-16-9-10-17(25)18(26)11-16/h4-11,14,25-26H,12-13,23H2,1-3H3/t14-,22-/m0/s1. The van der Waals surface area contributed by atoms with Crippen LogP contribution in [0, 0.1) is 0 Å². The Balaban J connectivity index is 2.43. The highest BCUT2D eigenvalue weighted by Gasteiger charge is 2.48. The van der Waals surface area contributed by atoms with Crippen molar-refractivity contribution in [1.82, 2.24) is 4.90 Å². The number of rotatable bonds is 7. The van der Waals surface area contributed by atoms with Gasteiger partial charge in [0.2, 0.25) is 5.91 Å². The number of ether oxygens (including phenoxy) is 2. The molecule has 9 nitrogen and oxygen atoms in total. The van der Waals surface area contributed by atoms with Gasteiger partial charge in [0.1, 0.15) is 6.61 Å². The molecular formula is C22H26N2O7. The van der Waals surface area contributed by atoms with Crippen LogP contribution in [-0.4, -0.2) is 51.8 Å². The number of phenols is 2. The number of hydrogen-bond donors (Lipinski definition) is 3. The number of amides is 2. The number of hydrogen-bond acceptors (Lipinski definition) is 8. The molecule has 2 atom stereocenters. The molecule has 4 N–H and O–H groups in total. The molecule has 0 spiro atoms. The Kier molecular flexibility index (Phi) is 7.60. The van der Waals surface area contributed by atoms with E-state index in [1.54, 1.807) is 30.3 Å². The van der Waals surface area contributed by atoms with E-state index in [1.165, 1.54) is 32.0 Å². The number of phenolic OH excluding ortho intramolecular Hbond substituents is 2. The molecule has 0 aliphatic carbocycles. The van der Waals surface area contributed by atoms with Crippen LogP contribution in [0.4, 0.5) is 4.79 Å². The van der Waals surface area contributed by atoms with Gasteiger partial charge in [-0.2, -0.15) is 0 Å². The van der Waals surface area contributed by atoms with Gasteiger partial charge in [0.05, 0.1) is 13.2 Å². The molecule has 0 aromatic heterocycles. The highest BCUT2D eigenvalue weighted by molar-refractivity contribution is 6.00. The van der Waals surface area contributed by atoms with Gasteiger partial charge in [-0.15, -0.1) is 0 Å². The van der Waals surface area contributed by atoms with Crippen LogP contribution in [-0.2, 0) is 32.1 Å². The van der Waals surface area contributed by atoms with E-state index in [4.69, 9.17) is 15.2 Å². The Morgan fingerprint density at radius 3 is 2.26 bits per heavy atom. The summed E-state index contributed by atoms with van der Waals surface area (Å²) in [5.41, 5.74) is 4.95. The van der Waals surface area contributed by atoms with Crippen molar-refractivity contribution in [2.75, 3.05) is 7.11 Å². The third-order valence-electron chi connectivity index (χ3n) is 4.70. The van der Waals surface area contributed by atoms with E-state index >= 15 is 0 Å². The molecule has 0 saturated heterocycles. The molecule has 0 radical (unpaired) electrons. The third kappa shape index (κ3) is 5.52. The van der Waals surface area contributed by atoms with Gasteiger partial charge in [-0.1, -0.05) is 36.4 Å². The molecule has 2 amide bonds. The SMILES string of the molecule is COC(=O)[C@](C)(Cc1ccc(O)c(O)c1)N(C(=O)OCc1ccccc1)C(=O)[C@H](C)N. The first-order chi connectivity index (χ1) is 14.6. The minimum Gasteiger partial charge on any atom is -0.504 e. The lowest BCUT2D eigenvalue weighted by Crippen LogP contribution is -2.62. The largest absolute Gasteiger partial charge is 0.504 e. The molecule has 2 aromatic rings. The summed E-state index contributed by atoms with van der Waals surface area (Å²) in [5.74, 6) is -2.49. The van der Waals surface area contributed by atoms with E-state index in [0.29, 0.717) is 16.0 Å². The van der Waals surface area contributed by atoms with Crippen LogP contribution >= 0.6 is 0 Å². The zero-order valence-electron chi connectivity index (χ0n) is 17.6. The molecule has 0 unspecified atom stereocenters. The predicted molar refractivity (Wildman–Crippen MR) is 111 cm³/mol. The van der Waals surface area contributed by atoms with E-state index in [-0.39, 0.29) is 18.8 Å². The number of benzene rings is 2. The number of nitrogens with zero attached hydrogens (tertiary/aromatic N) is 1. The lowest BCUT2D eigenvalue weighted by Gasteiger charge is -2.37. The molecule has 166 valence electrons. The molecular weight excluding hydrogens is 404 g/mol. The van der Waals surface area contributed by atoms with Crippen molar-refractivity contribution in [3.63, 3.8) is 0 Å². The van der Waals surface area contributed by atoms with Crippen LogP contribution in [0.2, 0.25) is 0 Å². The number of carbonyl (C=O) groups excluding carboxylic acids is 3. The summed E-state index contributed by atoms with van der Waals surface area (Å²) in [7, 11) is 1.12. The Labute approximate surface area is 180 Å². The minimum atomic E-state index is -1.84. The zero-order chi connectivity index (χ0) is 23.2. The number of methoxy groups -OCH3 is 1. The van der Waals surface area contributed by atoms with Gasteiger partial charge in [-0.05, 0) is 37.1 Å². The summed E-state index contributed by atoms with van der Waals surface area (Å²) in [6.07, 6.45) is -1.28. The quantitative estimate of drug-likeness (QED) is 0.448. The maximum atomic E-state index is 13.0. The summed E-state index contributed by atoms with van der Waals surface area (Å²) >= 11 is 0. The highest BCUT2D eigenvalue weighted by Crippen LogP contribution is 2.30. The fraction of sp³-hybridized carbons (Fsp3) is 0.318. The topological polar surface area (TPSA) is 139 Å². The monoisotopic (exact) mass is 430 g/mol. The molecule has 2 rings (SSSR count). The molecule has 0 bridgehead atoms. The van der Waals surface area contributed by atoms with Crippen LogP contribution in [0.25, 0.3) is 0 Å². The van der Waals surface area contributed by atoms with Crippen LogP contribution in [0.5, 0.6) is 11.5 Å². The van der Waals surface area contributed by atoms with E-state index in [9.17, 15) is 24.6 Å². The minimum absolute atomic E-state index is 0.125. The van der Waals surface area contributed by atoms with Crippen molar-refractivity contribution in [3.8, 4) is 11.5 Å². The number of carbonyl (C=O) groups is 3. The fourth-order valence-electron chi connectivity index (χ4n) is 3.06. The molecule has 9 heteroatoms. The second kappa shape index (κ2) is 9.94. The molecule has 0 heterocycles. The first kappa shape index (κ1) is 23.7. The van der Waals surface area contributed by atoms with Gasteiger partial charge in [-0.3, -0.25) is 4.79 Å². The number of esters is 1. The second-order valence-electron chi connectivity index (χ2n) is 7.27. The predicted octanol–water partition coefficient (Wildman–Crippen LogP) is 2.08. The Morgan fingerprint density at radius 2 is 1.71 bits per heavy atom. The van der Waals surface area contributed by atoms with E-state index in [1.807, 2.05) is 0 Å².